The van der Waals surface area contributed by atoms with E-state index in [2.05, 4.69) is 0 Å². The van der Waals surface area contributed by atoms with E-state index in [0.717, 1.165) is 12.8 Å². The van der Waals surface area contributed by atoms with Gasteiger partial charge in [0.25, 0.3) is 5.91 Å². The second-order valence-electron chi connectivity index (χ2n) is 4.53. The summed E-state index contributed by atoms with van der Waals surface area (Å²) in [5, 5.41) is 8.91. The first-order valence-electron chi connectivity index (χ1n) is 6.42. The Morgan fingerprint density at radius 1 is 1.56 bits per heavy atom. The average molecular weight is 258 g/mol. The number of likely N-dealkylation sites (tertiary alicyclic amines) is 1. The minimum atomic E-state index is -1.22. The van der Waals surface area contributed by atoms with Crippen molar-refractivity contribution in [3.05, 3.63) is 0 Å². The summed E-state index contributed by atoms with van der Waals surface area (Å²) in [6.45, 7) is 3.19. The number of hydrogen-bond donors (Lipinski definition) is 2. The molecule has 2 unspecified atom stereocenters. The molecule has 0 radical (unpaired) electrons. The number of aliphatic hydroxyl groups excluding tert-OH is 1. The van der Waals surface area contributed by atoms with Gasteiger partial charge >= 0.3 is 5.97 Å². The van der Waals surface area contributed by atoms with Crippen molar-refractivity contribution in [2.24, 2.45) is 11.7 Å². The maximum Gasteiger partial charge on any atom is 0.332 e. The summed E-state index contributed by atoms with van der Waals surface area (Å²) in [6.07, 6.45) is 2.56. The van der Waals surface area contributed by atoms with Crippen molar-refractivity contribution in [3.63, 3.8) is 0 Å². The van der Waals surface area contributed by atoms with Gasteiger partial charge in [-0.05, 0) is 32.1 Å². The summed E-state index contributed by atoms with van der Waals surface area (Å²) in [5.74, 6) is -0.759. The smallest absolute Gasteiger partial charge is 0.332 e. The molecular formula is C12H22N2O4. The molecule has 1 amide bonds. The molecule has 104 valence electrons. The van der Waals surface area contributed by atoms with Gasteiger partial charge in [0.05, 0.1) is 6.61 Å². The summed E-state index contributed by atoms with van der Waals surface area (Å²) in [4.78, 5) is 25.0. The van der Waals surface area contributed by atoms with Crippen LogP contribution in [0.3, 0.4) is 0 Å². The van der Waals surface area contributed by atoms with E-state index in [-0.39, 0.29) is 19.1 Å². The summed E-state index contributed by atoms with van der Waals surface area (Å²) >= 11 is 0. The van der Waals surface area contributed by atoms with Crippen LogP contribution in [0.2, 0.25) is 0 Å². The second kappa shape index (κ2) is 7.33. The SMILES string of the molecule is CCOC(=O)C(N)C(=O)N1CCCC(CCO)C1. The number of esters is 1. The summed E-state index contributed by atoms with van der Waals surface area (Å²) in [5.41, 5.74) is 5.58. The molecule has 0 aliphatic carbocycles. The molecule has 0 bridgehead atoms. The lowest BCUT2D eigenvalue weighted by Gasteiger charge is -2.33. The summed E-state index contributed by atoms with van der Waals surface area (Å²) in [6, 6.07) is -1.22. The van der Waals surface area contributed by atoms with Gasteiger partial charge in [0.2, 0.25) is 0 Å². The molecule has 1 aliphatic heterocycles. The lowest BCUT2D eigenvalue weighted by atomic mass is 9.95. The number of piperidine rings is 1. The Balaban J connectivity index is 2.52. The average Bonchev–Trinajstić information content (AvgIpc) is 2.38. The quantitative estimate of drug-likeness (QED) is 0.512. The number of ether oxygens (including phenoxy) is 1. The largest absolute Gasteiger partial charge is 0.464 e. The zero-order chi connectivity index (χ0) is 13.5. The van der Waals surface area contributed by atoms with Crippen LogP contribution in [-0.2, 0) is 14.3 Å². The normalized spacial score (nSPS) is 21.5. The Kier molecular flexibility index (Phi) is 6.07. The first-order valence-corrected chi connectivity index (χ1v) is 6.42. The molecule has 0 aromatic carbocycles. The van der Waals surface area contributed by atoms with Gasteiger partial charge in [-0.25, -0.2) is 4.79 Å². The van der Waals surface area contributed by atoms with Crippen LogP contribution in [0.25, 0.3) is 0 Å². The van der Waals surface area contributed by atoms with Gasteiger partial charge in [-0.2, -0.15) is 0 Å². The molecule has 6 heteroatoms. The first-order chi connectivity index (χ1) is 8.60. The molecule has 2 atom stereocenters. The molecule has 1 saturated heterocycles. The fourth-order valence-corrected chi connectivity index (χ4v) is 2.21. The Bertz CT molecular complexity index is 294. The Labute approximate surface area is 107 Å². The Morgan fingerprint density at radius 2 is 2.28 bits per heavy atom. The predicted molar refractivity (Wildman–Crippen MR) is 65.6 cm³/mol. The third-order valence-corrected chi connectivity index (χ3v) is 3.17. The molecule has 0 aromatic rings. The predicted octanol–water partition coefficient (Wildman–Crippen LogP) is -0.502. The number of rotatable bonds is 5. The molecule has 1 heterocycles. The van der Waals surface area contributed by atoms with Crippen LogP contribution in [0.5, 0.6) is 0 Å². The second-order valence-corrected chi connectivity index (χ2v) is 4.53. The van der Waals surface area contributed by atoms with Gasteiger partial charge in [-0.15, -0.1) is 0 Å². The lowest BCUT2D eigenvalue weighted by Crippen LogP contribution is -2.51. The first kappa shape index (κ1) is 14.9. The van der Waals surface area contributed by atoms with Crippen molar-refractivity contribution in [1.29, 1.82) is 0 Å². The van der Waals surface area contributed by atoms with Crippen molar-refractivity contribution in [3.8, 4) is 0 Å². The molecule has 1 aliphatic rings. The van der Waals surface area contributed by atoms with Crippen LogP contribution in [-0.4, -0.2) is 54.2 Å². The van der Waals surface area contributed by atoms with E-state index in [9.17, 15) is 9.59 Å². The van der Waals surface area contributed by atoms with Crippen LogP contribution in [0.15, 0.2) is 0 Å². The maximum absolute atomic E-state index is 12.0. The van der Waals surface area contributed by atoms with Crippen LogP contribution in [0.1, 0.15) is 26.2 Å². The van der Waals surface area contributed by atoms with E-state index < -0.39 is 12.0 Å². The van der Waals surface area contributed by atoms with Gasteiger partial charge < -0.3 is 20.5 Å². The van der Waals surface area contributed by atoms with Gasteiger partial charge in [0.15, 0.2) is 6.04 Å². The van der Waals surface area contributed by atoms with E-state index in [1.165, 1.54) is 0 Å². The topological polar surface area (TPSA) is 92.9 Å². The molecule has 0 aromatic heterocycles. The monoisotopic (exact) mass is 258 g/mol. The van der Waals surface area contributed by atoms with Gasteiger partial charge in [-0.1, -0.05) is 0 Å². The van der Waals surface area contributed by atoms with Crippen molar-refractivity contribution in [1.82, 2.24) is 4.90 Å². The number of amides is 1. The molecule has 0 saturated carbocycles. The van der Waals surface area contributed by atoms with E-state index >= 15 is 0 Å². The van der Waals surface area contributed by atoms with E-state index in [4.69, 9.17) is 15.6 Å². The van der Waals surface area contributed by atoms with Crippen molar-refractivity contribution >= 4 is 11.9 Å². The molecule has 1 rings (SSSR count). The number of nitrogens with two attached hydrogens (primary N) is 1. The summed E-state index contributed by atoms with van der Waals surface area (Å²) < 4.78 is 4.74. The molecule has 1 fully saturated rings. The van der Waals surface area contributed by atoms with Crippen molar-refractivity contribution in [2.75, 3.05) is 26.3 Å². The standard InChI is InChI=1S/C12H22N2O4/c1-2-18-12(17)10(13)11(16)14-6-3-4-9(8-14)5-7-15/h9-10,15H,2-8,13H2,1H3. The summed E-state index contributed by atoms with van der Waals surface area (Å²) in [7, 11) is 0. The highest BCUT2D eigenvalue weighted by atomic mass is 16.5. The van der Waals surface area contributed by atoms with Crippen LogP contribution >= 0.6 is 0 Å². The highest BCUT2D eigenvalue weighted by Gasteiger charge is 2.31. The molecule has 3 N–H and O–H groups in total. The number of carbonyl (C=O) groups excluding carboxylic acids is 2. The van der Waals surface area contributed by atoms with Crippen molar-refractivity contribution in [2.45, 2.75) is 32.2 Å². The van der Waals surface area contributed by atoms with Crippen molar-refractivity contribution < 1.29 is 19.4 Å². The minimum absolute atomic E-state index is 0.122. The number of nitrogens with zero attached hydrogens (tertiary/aromatic N) is 1. The van der Waals surface area contributed by atoms with Gasteiger partial charge in [0.1, 0.15) is 0 Å². The molecular weight excluding hydrogens is 236 g/mol. The lowest BCUT2D eigenvalue weighted by molar-refractivity contribution is -0.151. The van der Waals surface area contributed by atoms with E-state index in [1.807, 2.05) is 0 Å². The highest BCUT2D eigenvalue weighted by Crippen LogP contribution is 2.19. The van der Waals surface area contributed by atoms with Gasteiger partial charge in [0, 0.05) is 19.7 Å². The number of aliphatic hydroxyl groups is 1. The van der Waals surface area contributed by atoms with Gasteiger partial charge in [-0.3, -0.25) is 4.79 Å². The van der Waals surface area contributed by atoms with E-state index in [1.54, 1.807) is 11.8 Å². The van der Waals surface area contributed by atoms with E-state index in [0.29, 0.717) is 25.4 Å². The Hall–Kier alpha value is -1.14. The number of carbonyl (C=O) groups is 2. The fourth-order valence-electron chi connectivity index (χ4n) is 2.21. The molecule has 18 heavy (non-hydrogen) atoms. The maximum atomic E-state index is 12.0. The van der Waals surface area contributed by atoms with Crippen LogP contribution in [0, 0.1) is 5.92 Å². The molecule has 0 spiro atoms. The fraction of sp³-hybridized carbons (Fsp3) is 0.833. The third-order valence-electron chi connectivity index (χ3n) is 3.17. The minimum Gasteiger partial charge on any atom is -0.464 e. The van der Waals surface area contributed by atoms with Crippen LogP contribution in [0.4, 0.5) is 0 Å². The zero-order valence-electron chi connectivity index (χ0n) is 10.8. The van der Waals surface area contributed by atoms with Crippen LogP contribution < -0.4 is 5.73 Å². The number of hydrogen-bond acceptors (Lipinski definition) is 5. The molecule has 6 nitrogen and oxygen atoms in total. The zero-order valence-corrected chi connectivity index (χ0v) is 10.8. The third kappa shape index (κ3) is 3.96. The highest BCUT2D eigenvalue weighted by molar-refractivity contribution is 6.01. The Morgan fingerprint density at radius 3 is 2.89 bits per heavy atom.